The highest BCUT2D eigenvalue weighted by Gasteiger charge is 2.27. The molecular weight excluding hydrogens is 334 g/mol. The number of aromatic hydroxyl groups is 3. The van der Waals surface area contributed by atoms with E-state index in [2.05, 4.69) is 20.1 Å². The molecule has 0 spiro atoms. The van der Waals surface area contributed by atoms with E-state index in [1.54, 1.807) is 24.3 Å². The summed E-state index contributed by atoms with van der Waals surface area (Å²) in [5, 5.41) is 28.8. The predicted octanol–water partition coefficient (Wildman–Crippen LogP) is 3.26. The van der Waals surface area contributed by atoms with Gasteiger partial charge in [-0.05, 0) is 53.8 Å². The first-order chi connectivity index (χ1) is 10.0. The van der Waals surface area contributed by atoms with Gasteiger partial charge in [0.2, 0.25) is 0 Å². The van der Waals surface area contributed by atoms with Gasteiger partial charge in [0.05, 0.1) is 0 Å². The van der Waals surface area contributed by atoms with E-state index in [4.69, 9.17) is 0 Å². The van der Waals surface area contributed by atoms with Gasteiger partial charge < -0.3 is 15.3 Å². The standard InChI is InChI=1S/C16H16BrNO3/c17-18-6-5-11-8-15(20)16(21)9-13(11)14(18)7-10-1-3-12(19)4-2-10/h1-4,8-9,14,19-21H,5-7H2/t14-/m0/s1. The molecule has 1 atom stereocenters. The second kappa shape index (κ2) is 5.58. The highest BCUT2D eigenvalue weighted by atomic mass is 79.9. The van der Waals surface area contributed by atoms with Crippen LogP contribution in [0.5, 0.6) is 17.2 Å². The topological polar surface area (TPSA) is 63.9 Å². The number of halogens is 1. The molecular formula is C16H16BrNO3. The molecule has 1 aliphatic rings. The first kappa shape index (κ1) is 14.2. The molecule has 3 N–H and O–H groups in total. The molecule has 2 aromatic rings. The summed E-state index contributed by atoms with van der Waals surface area (Å²) >= 11 is 3.58. The minimum absolute atomic E-state index is 0.0693. The van der Waals surface area contributed by atoms with E-state index in [0.29, 0.717) is 0 Å². The Morgan fingerprint density at radius 3 is 2.43 bits per heavy atom. The molecule has 0 fully saturated rings. The maximum absolute atomic E-state index is 9.76. The number of nitrogens with zero attached hydrogens (tertiary/aromatic N) is 1. The lowest BCUT2D eigenvalue weighted by atomic mass is 9.90. The fourth-order valence-corrected chi connectivity index (χ4v) is 3.30. The molecule has 0 aliphatic carbocycles. The molecule has 110 valence electrons. The molecule has 0 bridgehead atoms. The van der Waals surface area contributed by atoms with Crippen molar-refractivity contribution in [3.8, 4) is 17.2 Å². The third-order valence-corrected chi connectivity index (χ3v) is 4.74. The molecule has 4 nitrogen and oxygen atoms in total. The molecule has 0 saturated heterocycles. The number of phenols is 3. The van der Waals surface area contributed by atoms with Gasteiger partial charge in [-0.3, -0.25) is 0 Å². The zero-order valence-electron chi connectivity index (χ0n) is 11.3. The molecule has 2 aromatic carbocycles. The molecule has 0 radical (unpaired) electrons. The van der Waals surface area contributed by atoms with Gasteiger partial charge in [0.25, 0.3) is 0 Å². The van der Waals surface area contributed by atoms with Gasteiger partial charge in [-0.2, -0.15) is 0 Å². The monoisotopic (exact) mass is 349 g/mol. The van der Waals surface area contributed by atoms with Crippen LogP contribution in [0, 0.1) is 0 Å². The van der Waals surface area contributed by atoms with Gasteiger partial charge in [-0.1, -0.05) is 12.1 Å². The average molecular weight is 350 g/mol. The zero-order valence-corrected chi connectivity index (χ0v) is 12.9. The van der Waals surface area contributed by atoms with E-state index < -0.39 is 0 Å². The Labute approximate surface area is 131 Å². The number of rotatable bonds is 2. The molecule has 5 heteroatoms. The van der Waals surface area contributed by atoms with Crippen LogP contribution in [0.1, 0.15) is 22.7 Å². The smallest absolute Gasteiger partial charge is 0.157 e. The van der Waals surface area contributed by atoms with Crippen molar-refractivity contribution in [2.24, 2.45) is 0 Å². The lowest BCUT2D eigenvalue weighted by Gasteiger charge is -2.33. The molecule has 1 aliphatic heterocycles. The van der Waals surface area contributed by atoms with Crippen molar-refractivity contribution in [1.29, 1.82) is 0 Å². The molecule has 0 amide bonds. The number of hydrogen-bond acceptors (Lipinski definition) is 4. The van der Waals surface area contributed by atoms with E-state index in [1.807, 2.05) is 12.1 Å². The maximum Gasteiger partial charge on any atom is 0.157 e. The summed E-state index contributed by atoms with van der Waals surface area (Å²) in [5.74, 6) is 0.0912. The minimum atomic E-state index is -0.0905. The first-order valence-corrected chi connectivity index (χ1v) is 7.50. The van der Waals surface area contributed by atoms with Crippen molar-refractivity contribution in [1.82, 2.24) is 3.93 Å². The van der Waals surface area contributed by atoms with Crippen LogP contribution < -0.4 is 0 Å². The van der Waals surface area contributed by atoms with Crippen LogP contribution in [0.25, 0.3) is 0 Å². The van der Waals surface area contributed by atoms with Crippen LogP contribution >= 0.6 is 16.1 Å². The third-order valence-electron chi connectivity index (χ3n) is 3.89. The Kier molecular flexibility index (Phi) is 3.78. The lowest BCUT2D eigenvalue weighted by Crippen LogP contribution is -2.29. The number of hydrogen-bond donors (Lipinski definition) is 3. The Morgan fingerprint density at radius 1 is 1.05 bits per heavy atom. The van der Waals surface area contributed by atoms with E-state index >= 15 is 0 Å². The van der Waals surface area contributed by atoms with Gasteiger partial charge in [-0.25, -0.2) is 3.93 Å². The van der Waals surface area contributed by atoms with Crippen molar-refractivity contribution in [3.05, 3.63) is 53.1 Å². The normalized spacial score (nSPS) is 18.4. The maximum atomic E-state index is 9.76. The van der Waals surface area contributed by atoms with Crippen LogP contribution in [-0.4, -0.2) is 25.8 Å². The van der Waals surface area contributed by atoms with E-state index in [9.17, 15) is 15.3 Å². The van der Waals surface area contributed by atoms with Crippen molar-refractivity contribution in [2.45, 2.75) is 18.9 Å². The fourth-order valence-electron chi connectivity index (χ4n) is 2.76. The molecule has 0 unspecified atom stereocenters. The van der Waals surface area contributed by atoms with Crippen LogP contribution in [0.4, 0.5) is 0 Å². The molecule has 1 heterocycles. The second-order valence-electron chi connectivity index (χ2n) is 5.30. The van der Waals surface area contributed by atoms with Crippen molar-refractivity contribution >= 4 is 16.1 Å². The highest BCUT2D eigenvalue weighted by Crippen LogP contribution is 2.39. The first-order valence-electron chi connectivity index (χ1n) is 6.79. The molecule has 21 heavy (non-hydrogen) atoms. The molecule has 0 saturated carbocycles. The lowest BCUT2D eigenvalue weighted by molar-refractivity contribution is 0.344. The van der Waals surface area contributed by atoms with Crippen LogP contribution in [-0.2, 0) is 12.8 Å². The Balaban J connectivity index is 1.95. The van der Waals surface area contributed by atoms with Gasteiger partial charge in [-0.15, -0.1) is 0 Å². The molecule has 3 rings (SSSR count). The molecule has 0 aromatic heterocycles. The quantitative estimate of drug-likeness (QED) is 0.575. The van der Waals surface area contributed by atoms with Crippen molar-refractivity contribution in [3.63, 3.8) is 0 Å². The van der Waals surface area contributed by atoms with E-state index in [0.717, 1.165) is 36.1 Å². The van der Waals surface area contributed by atoms with Crippen LogP contribution in [0.3, 0.4) is 0 Å². The summed E-state index contributed by atoms with van der Waals surface area (Å²) in [6.45, 7) is 0.833. The van der Waals surface area contributed by atoms with Crippen molar-refractivity contribution in [2.75, 3.05) is 6.54 Å². The largest absolute Gasteiger partial charge is 0.508 e. The summed E-state index contributed by atoms with van der Waals surface area (Å²) in [7, 11) is 0. The Morgan fingerprint density at radius 2 is 1.71 bits per heavy atom. The van der Waals surface area contributed by atoms with Crippen LogP contribution in [0.15, 0.2) is 36.4 Å². The van der Waals surface area contributed by atoms with E-state index in [1.165, 1.54) is 0 Å². The zero-order chi connectivity index (χ0) is 15.0. The average Bonchev–Trinajstić information content (AvgIpc) is 2.46. The Bertz CT molecular complexity index is 657. The number of benzene rings is 2. The van der Waals surface area contributed by atoms with Gasteiger partial charge in [0.15, 0.2) is 11.5 Å². The second-order valence-corrected chi connectivity index (χ2v) is 6.21. The van der Waals surface area contributed by atoms with Gasteiger partial charge in [0.1, 0.15) is 5.75 Å². The van der Waals surface area contributed by atoms with Crippen molar-refractivity contribution < 1.29 is 15.3 Å². The minimum Gasteiger partial charge on any atom is -0.508 e. The summed E-state index contributed by atoms with van der Waals surface area (Å²) < 4.78 is 2.07. The SMILES string of the molecule is Oc1ccc(C[C@H]2c3cc(O)c(O)cc3CCN2Br)cc1. The summed E-state index contributed by atoms with van der Waals surface area (Å²) in [5.41, 5.74) is 3.17. The third kappa shape index (κ3) is 2.84. The highest BCUT2D eigenvalue weighted by molar-refractivity contribution is 9.07. The summed E-state index contributed by atoms with van der Waals surface area (Å²) in [6, 6.07) is 10.5. The van der Waals surface area contributed by atoms with Gasteiger partial charge in [0, 0.05) is 28.7 Å². The predicted molar refractivity (Wildman–Crippen MR) is 83.7 cm³/mol. The Hall–Kier alpha value is -1.72. The fraction of sp³-hybridized carbons (Fsp3) is 0.250. The van der Waals surface area contributed by atoms with Crippen LogP contribution in [0.2, 0.25) is 0 Å². The number of phenolic OH excluding ortho intramolecular Hbond substituents is 3. The van der Waals surface area contributed by atoms with Gasteiger partial charge >= 0.3 is 0 Å². The summed E-state index contributed by atoms with van der Waals surface area (Å²) in [6.07, 6.45) is 1.57. The summed E-state index contributed by atoms with van der Waals surface area (Å²) in [4.78, 5) is 0. The number of fused-ring (bicyclic) bond motifs is 1. The van der Waals surface area contributed by atoms with E-state index in [-0.39, 0.29) is 23.3 Å².